The first-order chi connectivity index (χ1) is 12.7. The predicted octanol–water partition coefficient (Wildman–Crippen LogP) is 4.11. The van der Waals surface area contributed by atoms with Gasteiger partial charge in [-0.1, -0.05) is 25.1 Å². The second-order valence-electron chi connectivity index (χ2n) is 6.69. The average Bonchev–Trinajstić information content (AvgIpc) is 3.16. The molecule has 0 fully saturated rings. The number of nitrogens with one attached hydrogen (secondary N) is 1. The Morgan fingerprint density at radius 3 is 2.85 bits per heavy atom. The van der Waals surface area contributed by atoms with Crippen molar-refractivity contribution in [2.45, 2.75) is 26.2 Å². The standard InChI is InChI=1S/C21H22N4O.H2S/c1-14(18-5-3-4-16-8-9-26-21(16)18)11-23-20-10-19(24-13-25-20)17-7-6-15(2)22-12-17;/h3-7,10,12-14H,8-9,11H2,1-2H3,(H,23,24,25);1H2/t14-;/m1./s1. The Bertz CT molecular complexity index is 914. The van der Waals surface area contributed by atoms with E-state index in [-0.39, 0.29) is 13.5 Å². The van der Waals surface area contributed by atoms with Gasteiger partial charge in [-0.2, -0.15) is 13.5 Å². The maximum Gasteiger partial charge on any atom is 0.129 e. The van der Waals surface area contributed by atoms with Crippen molar-refractivity contribution < 1.29 is 4.74 Å². The van der Waals surface area contributed by atoms with E-state index in [0.29, 0.717) is 5.92 Å². The Kier molecular flexibility index (Phi) is 5.96. The van der Waals surface area contributed by atoms with Crippen LogP contribution in [-0.4, -0.2) is 28.1 Å². The minimum Gasteiger partial charge on any atom is -0.493 e. The van der Waals surface area contributed by atoms with Crippen LogP contribution in [0.5, 0.6) is 5.75 Å². The zero-order chi connectivity index (χ0) is 17.9. The largest absolute Gasteiger partial charge is 0.493 e. The smallest absolute Gasteiger partial charge is 0.129 e. The number of para-hydroxylation sites is 1. The molecule has 1 aromatic carbocycles. The highest BCUT2D eigenvalue weighted by Crippen LogP contribution is 2.34. The molecule has 0 aliphatic carbocycles. The number of hydrogen-bond donors (Lipinski definition) is 1. The molecular formula is C21H24N4OS. The number of nitrogens with zero attached hydrogens (tertiary/aromatic N) is 3. The number of anilines is 1. The van der Waals surface area contributed by atoms with Crippen molar-refractivity contribution in [1.29, 1.82) is 0 Å². The summed E-state index contributed by atoms with van der Waals surface area (Å²) < 4.78 is 5.83. The van der Waals surface area contributed by atoms with Gasteiger partial charge in [0, 0.05) is 42.4 Å². The van der Waals surface area contributed by atoms with Crippen LogP contribution in [0.4, 0.5) is 5.82 Å². The molecule has 0 amide bonds. The highest BCUT2D eigenvalue weighted by atomic mass is 32.1. The number of ether oxygens (including phenoxy) is 1. The Hall–Kier alpha value is -2.60. The molecular weight excluding hydrogens is 356 g/mol. The summed E-state index contributed by atoms with van der Waals surface area (Å²) in [7, 11) is 0. The Morgan fingerprint density at radius 2 is 2.04 bits per heavy atom. The number of aryl methyl sites for hydroxylation is 1. The van der Waals surface area contributed by atoms with Crippen molar-refractivity contribution in [2.75, 3.05) is 18.5 Å². The van der Waals surface area contributed by atoms with Gasteiger partial charge in [0.15, 0.2) is 0 Å². The molecule has 0 unspecified atom stereocenters. The molecule has 3 heterocycles. The van der Waals surface area contributed by atoms with Gasteiger partial charge in [-0.3, -0.25) is 4.98 Å². The molecule has 5 nitrogen and oxygen atoms in total. The van der Waals surface area contributed by atoms with Crippen LogP contribution in [-0.2, 0) is 6.42 Å². The van der Waals surface area contributed by atoms with Crippen molar-refractivity contribution in [3.63, 3.8) is 0 Å². The topological polar surface area (TPSA) is 59.9 Å². The van der Waals surface area contributed by atoms with E-state index >= 15 is 0 Å². The van der Waals surface area contributed by atoms with E-state index in [9.17, 15) is 0 Å². The Morgan fingerprint density at radius 1 is 1.15 bits per heavy atom. The van der Waals surface area contributed by atoms with E-state index in [1.165, 1.54) is 11.1 Å². The van der Waals surface area contributed by atoms with Crippen molar-refractivity contribution in [3.05, 3.63) is 65.7 Å². The van der Waals surface area contributed by atoms with Crippen molar-refractivity contribution in [3.8, 4) is 17.0 Å². The van der Waals surface area contributed by atoms with E-state index in [4.69, 9.17) is 4.74 Å². The molecule has 0 bridgehead atoms. The second-order valence-corrected chi connectivity index (χ2v) is 6.69. The van der Waals surface area contributed by atoms with Crippen molar-refractivity contribution in [1.82, 2.24) is 15.0 Å². The highest BCUT2D eigenvalue weighted by molar-refractivity contribution is 7.59. The molecule has 140 valence electrons. The number of benzene rings is 1. The number of hydrogen-bond acceptors (Lipinski definition) is 5. The maximum atomic E-state index is 5.83. The zero-order valence-electron chi connectivity index (χ0n) is 15.6. The van der Waals surface area contributed by atoms with Gasteiger partial charge < -0.3 is 10.1 Å². The lowest BCUT2D eigenvalue weighted by molar-refractivity contribution is 0.352. The van der Waals surface area contributed by atoms with Gasteiger partial charge in [0.2, 0.25) is 0 Å². The molecule has 0 saturated carbocycles. The van der Waals surface area contributed by atoms with Gasteiger partial charge >= 0.3 is 0 Å². The van der Waals surface area contributed by atoms with Crippen LogP contribution in [0.1, 0.15) is 29.7 Å². The molecule has 0 radical (unpaired) electrons. The lowest BCUT2D eigenvalue weighted by Gasteiger charge is -2.16. The monoisotopic (exact) mass is 380 g/mol. The van der Waals surface area contributed by atoms with Gasteiger partial charge in [-0.25, -0.2) is 9.97 Å². The van der Waals surface area contributed by atoms with Gasteiger partial charge in [-0.15, -0.1) is 0 Å². The van der Waals surface area contributed by atoms with E-state index < -0.39 is 0 Å². The lowest BCUT2D eigenvalue weighted by Crippen LogP contribution is -2.12. The minimum absolute atomic E-state index is 0. The summed E-state index contributed by atoms with van der Waals surface area (Å²) in [6, 6.07) is 12.4. The summed E-state index contributed by atoms with van der Waals surface area (Å²) in [5.74, 6) is 2.20. The van der Waals surface area contributed by atoms with E-state index in [1.807, 2.05) is 31.3 Å². The second kappa shape index (κ2) is 8.39. The summed E-state index contributed by atoms with van der Waals surface area (Å²) in [4.78, 5) is 13.0. The first-order valence-corrected chi connectivity index (χ1v) is 8.94. The summed E-state index contributed by atoms with van der Waals surface area (Å²) in [6.07, 6.45) is 4.43. The molecule has 1 aliphatic heterocycles. The molecule has 6 heteroatoms. The summed E-state index contributed by atoms with van der Waals surface area (Å²) in [5.41, 5.74) is 5.41. The number of fused-ring (bicyclic) bond motifs is 1. The van der Waals surface area contributed by atoms with Crippen LogP contribution >= 0.6 is 13.5 Å². The molecule has 4 rings (SSSR count). The summed E-state index contributed by atoms with van der Waals surface area (Å²) in [6.45, 7) is 5.74. The summed E-state index contributed by atoms with van der Waals surface area (Å²) in [5, 5.41) is 3.43. The number of aromatic nitrogens is 3. The highest BCUT2D eigenvalue weighted by Gasteiger charge is 2.19. The normalized spacial score (nSPS) is 13.3. The van der Waals surface area contributed by atoms with E-state index in [1.54, 1.807) is 6.33 Å². The first kappa shape index (κ1) is 19.2. The molecule has 0 saturated heterocycles. The average molecular weight is 381 g/mol. The van der Waals surface area contributed by atoms with Crippen LogP contribution in [0.15, 0.2) is 48.9 Å². The van der Waals surface area contributed by atoms with Crippen LogP contribution in [0.3, 0.4) is 0 Å². The third kappa shape index (κ3) is 4.22. The maximum absolute atomic E-state index is 5.83. The lowest BCUT2D eigenvalue weighted by atomic mass is 9.97. The molecule has 27 heavy (non-hydrogen) atoms. The van der Waals surface area contributed by atoms with Gasteiger partial charge in [0.1, 0.15) is 17.9 Å². The minimum atomic E-state index is 0. The predicted molar refractivity (Wildman–Crippen MR) is 113 cm³/mol. The molecule has 3 aromatic rings. The van der Waals surface area contributed by atoms with Crippen LogP contribution in [0.25, 0.3) is 11.3 Å². The molecule has 2 aromatic heterocycles. The fraction of sp³-hybridized carbons (Fsp3) is 0.286. The third-order valence-corrected chi connectivity index (χ3v) is 4.74. The quantitative estimate of drug-likeness (QED) is 0.722. The fourth-order valence-electron chi connectivity index (χ4n) is 3.23. The zero-order valence-corrected chi connectivity index (χ0v) is 16.6. The van der Waals surface area contributed by atoms with Crippen molar-refractivity contribution >= 4 is 19.3 Å². The Labute approximate surface area is 166 Å². The third-order valence-electron chi connectivity index (χ3n) is 4.74. The molecule has 1 aliphatic rings. The molecule has 0 spiro atoms. The van der Waals surface area contributed by atoms with Gasteiger partial charge in [0.25, 0.3) is 0 Å². The fourth-order valence-corrected chi connectivity index (χ4v) is 3.23. The number of rotatable bonds is 5. The SMILES string of the molecule is Cc1ccc(-c2cc(NC[C@@H](C)c3cccc4c3OCC4)ncn2)cn1.S. The molecule has 1 N–H and O–H groups in total. The van der Waals surface area contributed by atoms with Gasteiger partial charge in [0.05, 0.1) is 12.3 Å². The van der Waals surface area contributed by atoms with Crippen LogP contribution in [0, 0.1) is 6.92 Å². The van der Waals surface area contributed by atoms with Crippen LogP contribution < -0.4 is 10.1 Å². The van der Waals surface area contributed by atoms with Gasteiger partial charge in [-0.05, 0) is 30.2 Å². The Balaban J connectivity index is 0.00000210. The molecule has 1 atom stereocenters. The first-order valence-electron chi connectivity index (χ1n) is 8.94. The van der Waals surface area contributed by atoms with E-state index in [2.05, 4.69) is 45.4 Å². The van der Waals surface area contributed by atoms with Crippen LogP contribution in [0.2, 0.25) is 0 Å². The summed E-state index contributed by atoms with van der Waals surface area (Å²) >= 11 is 0. The number of pyridine rings is 1. The van der Waals surface area contributed by atoms with Crippen molar-refractivity contribution in [2.24, 2.45) is 0 Å². The van der Waals surface area contributed by atoms with E-state index in [0.717, 1.165) is 48.1 Å².